The summed E-state index contributed by atoms with van der Waals surface area (Å²) in [6.07, 6.45) is 4.77. The van der Waals surface area contributed by atoms with Crippen LogP contribution in [-0.4, -0.2) is 52.7 Å². The fourth-order valence-corrected chi connectivity index (χ4v) is 5.08. The summed E-state index contributed by atoms with van der Waals surface area (Å²) in [5.41, 5.74) is -1.01. The molecule has 3 aliphatic rings. The van der Waals surface area contributed by atoms with E-state index in [1.165, 1.54) is 6.92 Å². The van der Waals surface area contributed by atoms with Crippen molar-refractivity contribution in [3.63, 3.8) is 0 Å². The van der Waals surface area contributed by atoms with Crippen LogP contribution in [0.3, 0.4) is 0 Å². The molecule has 0 unspecified atom stereocenters. The standard InChI is InChI=1S/C20H26F3N3O2/c1-12-15(21)17(23)24-18(16(12)22)25-9-2-7-20(11-25)8-10-26(19(20)28)13-3-5-14(27)6-4-13/h13-14,27H,2-11H2,1H3/t13-,14-,20-/m1/s1. The summed E-state index contributed by atoms with van der Waals surface area (Å²) in [5, 5.41) is 9.72. The Kier molecular flexibility index (Phi) is 5.02. The van der Waals surface area contributed by atoms with E-state index in [2.05, 4.69) is 4.98 Å². The number of carbonyl (C=O) groups is 1. The van der Waals surface area contributed by atoms with Gasteiger partial charge in [0.1, 0.15) is 0 Å². The van der Waals surface area contributed by atoms with Gasteiger partial charge in [0.25, 0.3) is 5.95 Å². The van der Waals surface area contributed by atoms with Crippen LogP contribution in [0.2, 0.25) is 0 Å². The lowest BCUT2D eigenvalue weighted by Crippen LogP contribution is -2.50. The van der Waals surface area contributed by atoms with Gasteiger partial charge in [-0.2, -0.15) is 9.37 Å². The van der Waals surface area contributed by atoms with E-state index in [9.17, 15) is 23.1 Å². The molecule has 0 bridgehead atoms. The first-order valence-corrected chi connectivity index (χ1v) is 10.1. The molecule has 1 saturated carbocycles. The van der Waals surface area contributed by atoms with Crippen molar-refractivity contribution in [1.82, 2.24) is 9.88 Å². The average molecular weight is 397 g/mol. The zero-order valence-corrected chi connectivity index (χ0v) is 16.1. The maximum atomic E-state index is 14.6. The summed E-state index contributed by atoms with van der Waals surface area (Å²) in [7, 11) is 0. The number of likely N-dealkylation sites (tertiary alicyclic amines) is 1. The molecule has 2 aliphatic heterocycles. The van der Waals surface area contributed by atoms with E-state index in [0.717, 1.165) is 12.8 Å². The largest absolute Gasteiger partial charge is 0.393 e. The van der Waals surface area contributed by atoms with Crippen LogP contribution >= 0.6 is 0 Å². The zero-order chi connectivity index (χ0) is 20.1. The molecule has 5 nitrogen and oxygen atoms in total. The molecule has 3 fully saturated rings. The Morgan fingerprint density at radius 1 is 1.07 bits per heavy atom. The van der Waals surface area contributed by atoms with Gasteiger partial charge in [0.15, 0.2) is 17.5 Å². The third kappa shape index (κ3) is 3.15. The van der Waals surface area contributed by atoms with Gasteiger partial charge < -0.3 is 14.9 Å². The van der Waals surface area contributed by atoms with E-state index >= 15 is 0 Å². The molecule has 1 aliphatic carbocycles. The third-order valence-corrected chi connectivity index (χ3v) is 6.77. The smallest absolute Gasteiger partial charge is 0.251 e. The van der Waals surface area contributed by atoms with Gasteiger partial charge in [-0.25, -0.2) is 8.78 Å². The first kappa shape index (κ1) is 19.5. The first-order valence-electron chi connectivity index (χ1n) is 10.1. The number of aromatic nitrogens is 1. The number of hydrogen-bond donors (Lipinski definition) is 1. The molecule has 154 valence electrons. The summed E-state index contributed by atoms with van der Waals surface area (Å²) >= 11 is 0. The van der Waals surface area contributed by atoms with Gasteiger partial charge in [-0.15, -0.1) is 0 Å². The summed E-state index contributed by atoms with van der Waals surface area (Å²) in [6, 6.07) is 0.144. The molecule has 0 aromatic carbocycles. The van der Waals surface area contributed by atoms with Gasteiger partial charge in [0, 0.05) is 31.2 Å². The normalized spacial score (nSPS) is 31.1. The lowest BCUT2D eigenvalue weighted by molar-refractivity contribution is -0.139. The molecule has 1 aromatic rings. The predicted molar refractivity (Wildman–Crippen MR) is 97.3 cm³/mol. The SMILES string of the molecule is Cc1c(F)c(F)nc(N2CCC[C@@]3(CCN([C@H]4CC[C@H](O)CC4)C3=O)C2)c1F. The molecule has 1 amide bonds. The van der Waals surface area contributed by atoms with Crippen LogP contribution in [0.4, 0.5) is 19.0 Å². The number of halogens is 3. The molecule has 28 heavy (non-hydrogen) atoms. The molecule has 3 heterocycles. The van der Waals surface area contributed by atoms with Gasteiger partial charge in [0.05, 0.1) is 11.5 Å². The van der Waals surface area contributed by atoms with Crippen molar-refractivity contribution in [3.05, 3.63) is 23.1 Å². The minimum absolute atomic E-state index is 0.0679. The molecule has 8 heteroatoms. The summed E-state index contributed by atoms with van der Waals surface area (Å²) in [5.74, 6) is -3.58. The molecule has 2 saturated heterocycles. The van der Waals surface area contributed by atoms with Crippen molar-refractivity contribution in [2.45, 2.75) is 64.0 Å². The highest BCUT2D eigenvalue weighted by molar-refractivity contribution is 5.86. The summed E-state index contributed by atoms with van der Waals surface area (Å²) < 4.78 is 42.0. The highest BCUT2D eigenvalue weighted by Crippen LogP contribution is 2.43. The second-order valence-corrected chi connectivity index (χ2v) is 8.50. The lowest BCUT2D eigenvalue weighted by atomic mass is 9.78. The van der Waals surface area contributed by atoms with Gasteiger partial charge in [-0.05, 0) is 51.9 Å². The van der Waals surface area contributed by atoms with Crippen LogP contribution in [-0.2, 0) is 4.79 Å². The highest BCUT2D eigenvalue weighted by atomic mass is 19.2. The fourth-order valence-electron chi connectivity index (χ4n) is 5.08. The Labute approximate surface area is 162 Å². The van der Waals surface area contributed by atoms with Crippen LogP contribution in [0.1, 0.15) is 50.5 Å². The number of amides is 1. The Balaban J connectivity index is 1.55. The van der Waals surface area contributed by atoms with Crippen molar-refractivity contribution in [1.29, 1.82) is 0 Å². The number of aliphatic hydroxyl groups is 1. The Morgan fingerprint density at radius 2 is 1.79 bits per heavy atom. The number of pyridine rings is 1. The van der Waals surface area contributed by atoms with Gasteiger partial charge in [-0.3, -0.25) is 4.79 Å². The van der Waals surface area contributed by atoms with E-state index in [-0.39, 0.29) is 36.0 Å². The van der Waals surface area contributed by atoms with E-state index in [1.807, 2.05) is 4.90 Å². The zero-order valence-electron chi connectivity index (χ0n) is 16.1. The molecule has 1 aromatic heterocycles. The lowest BCUT2D eigenvalue weighted by Gasteiger charge is -2.41. The molecular weight excluding hydrogens is 371 g/mol. The van der Waals surface area contributed by atoms with E-state index in [0.29, 0.717) is 45.2 Å². The van der Waals surface area contributed by atoms with E-state index in [4.69, 9.17) is 0 Å². The molecule has 1 spiro atoms. The van der Waals surface area contributed by atoms with Crippen molar-refractivity contribution < 1.29 is 23.1 Å². The van der Waals surface area contributed by atoms with Gasteiger partial charge in [0.2, 0.25) is 5.91 Å². The minimum Gasteiger partial charge on any atom is -0.393 e. The number of nitrogens with zero attached hydrogens (tertiary/aromatic N) is 3. The van der Waals surface area contributed by atoms with Crippen LogP contribution in [0, 0.1) is 29.9 Å². The van der Waals surface area contributed by atoms with Crippen LogP contribution in [0.25, 0.3) is 0 Å². The first-order chi connectivity index (χ1) is 13.3. The molecular formula is C20H26F3N3O2. The maximum absolute atomic E-state index is 14.6. The Hall–Kier alpha value is -1.83. The van der Waals surface area contributed by atoms with Crippen LogP contribution in [0.15, 0.2) is 0 Å². The number of carbonyl (C=O) groups excluding carboxylic acids is 1. The highest BCUT2D eigenvalue weighted by Gasteiger charge is 2.51. The van der Waals surface area contributed by atoms with Crippen molar-refractivity contribution >= 4 is 11.7 Å². The third-order valence-electron chi connectivity index (χ3n) is 6.77. The predicted octanol–water partition coefficient (Wildman–Crippen LogP) is 2.93. The van der Waals surface area contributed by atoms with Gasteiger partial charge in [-0.1, -0.05) is 0 Å². The van der Waals surface area contributed by atoms with Gasteiger partial charge >= 0.3 is 0 Å². The molecule has 1 N–H and O–H groups in total. The van der Waals surface area contributed by atoms with Crippen molar-refractivity contribution in [2.24, 2.45) is 5.41 Å². The monoisotopic (exact) mass is 397 g/mol. The Morgan fingerprint density at radius 3 is 2.50 bits per heavy atom. The number of aliphatic hydroxyl groups excluding tert-OH is 1. The Bertz CT molecular complexity index is 782. The minimum atomic E-state index is -1.31. The molecule has 4 rings (SSSR count). The van der Waals surface area contributed by atoms with Crippen molar-refractivity contribution in [2.75, 3.05) is 24.5 Å². The topological polar surface area (TPSA) is 56.7 Å². The number of rotatable bonds is 2. The number of piperidine rings is 1. The second kappa shape index (κ2) is 7.21. The fraction of sp³-hybridized carbons (Fsp3) is 0.700. The maximum Gasteiger partial charge on any atom is 0.251 e. The van der Waals surface area contributed by atoms with E-state index < -0.39 is 23.0 Å². The summed E-state index contributed by atoms with van der Waals surface area (Å²) in [4.78, 5) is 20.3. The van der Waals surface area contributed by atoms with Crippen LogP contribution < -0.4 is 4.90 Å². The molecule has 0 radical (unpaired) electrons. The second-order valence-electron chi connectivity index (χ2n) is 8.50. The number of anilines is 1. The quantitative estimate of drug-likeness (QED) is 0.780. The van der Waals surface area contributed by atoms with Crippen molar-refractivity contribution in [3.8, 4) is 0 Å². The average Bonchev–Trinajstić information content (AvgIpc) is 2.99. The van der Waals surface area contributed by atoms with Crippen LogP contribution in [0.5, 0.6) is 0 Å². The number of hydrogen-bond acceptors (Lipinski definition) is 4. The summed E-state index contributed by atoms with van der Waals surface area (Å²) in [6.45, 7) is 2.57. The van der Waals surface area contributed by atoms with E-state index in [1.54, 1.807) is 4.90 Å². The molecule has 1 atom stereocenters.